The molecule has 0 saturated carbocycles. The van der Waals surface area contributed by atoms with E-state index in [0.717, 1.165) is 24.6 Å². The first kappa shape index (κ1) is 11.6. The molecule has 1 aromatic rings. The number of aromatic nitrogens is 2. The Labute approximate surface area is 101 Å². The topological polar surface area (TPSA) is 41.0 Å². The highest BCUT2D eigenvalue weighted by molar-refractivity contribution is 6.28. The zero-order valence-corrected chi connectivity index (χ0v) is 10.5. The SMILES string of the molecule is Cc1cc(N(C)C[C@@H]2CCCN2)nc(Cl)n1. The molecule has 1 aliphatic rings. The summed E-state index contributed by atoms with van der Waals surface area (Å²) >= 11 is 5.85. The highest BCUT2D eigenvalue weighted by atomic mass is 35.5. The molecule has 0 aromatic carbocycles. The fourth-order valence-corrected chi connectivity index (χ4v) is 2.27. The largest absolute Gasteiger partial charge is 0.358 e. The highest BCUT2D eigenvalue weighted by Crippen LogP contribution is 2.15. The van der Waals surface area contributed by atoms with Gasteiger partial charge in [0.25, 0.3) is 0 Å². The molecule has 1 N–H and O–H groups in total. The maximum absolute atomic E-state index is 5.85. The lowest BCUT2D eigenvalue weighted by molar-refractivity contribution is 0.597. The molecule has 5 heteroatoms. The van der Waals surface area contributed by atoms with Gasteiger partial charge in [-0.15, -0.1) is 0 Å². The van der Waals surface area contributed by atoms with E-state index in [2.05, 4.69) is 20.2 Å². The first-order valence-electron chi connectivity index (χ1n) is 5.61. The molecule has 0 spiro atoms. The summed E-state index contributed by atoms with van der Waals surface area (Å²) in [4.78, 5) is 10.4. The number of likely N-dealkylation sites (N-methyl/N-ethyl adjacent to an activating group) is 1. The van der Waals surface area contributed by atoms with Crippen molar-refractivity contribution in [3.63, 3.8) is 0 Å². The second kappa shape index (κ2) is 4.97. The van der Waals surface area contributed by atoms with Crippen LogP contribution in [-0.2, 0) is 0 Å². The monoisotopic (exact) mass is 240 g/mol. The van der Waals surface area contributed by atoms with Crippen LogP contribution in [-0.4, -0.2) is 36.1 Å². The molecule has 88 valence electrons. The maximum atomic E-state index is 5.85. The van der Waals surface area contributed by atoms with Crippen molar-refractivity contribution in [1.29, 1.82) is 0 Å². The molecule has 0 radical (unpaired) electrons. The average Bonchev–Trinajstić information content (AvgIpc) is 2.68. The van der Waals surface area contributed by atoms with Crippen LogP contribution in [0.2, 0.25) is 5.28 Å². The molecule has 0 aliphatic carbocycles. The fourth-order valence-electron chi connectivity index (χ4n) is 2.05. The first-order valence-corrected chi connectivity index (χ1v) is 5.98. The summed E-state index contributed by atoms with van der Waals surface area (Å²) in [7, 11) is 2.04. The van der Waals surface area contributed by atoms with Gasteiger partial charge in [-0.2, -0.15) is 0 Å². The van der Waals surface area contributed by atoms with Gasteiger partial charge in [0.15, 0.2) is 0 Å². The number of hydrogen-bond donors (Lipinski definition) is 1. The minimum atomic E-state index is 0.321. The maximum Gasteiger partial charge on any atom is 0.224 e. The summed E-state index contributed by atoms with van der Waals surface area (Å²) in [5.41, 5.74) is 0.904. The number of halogens is 1. The van der Waals surface area contributed by atoms with Crippen LogP contribution in [0.1, 0.15) is 18.5 Å². The molecule has 1 saturated heterocycles. The van der Waals surface area contributed by atoms with Crippen LogP contribution < -0.4 is 10.2 Å². The zero-order chi connectivity index (χ0) is 11.5. The smallest absolute Gasteiger partial charge is 0.224 e. The van der Waals surface area contributed by atoms with E-state index < -0.39 is 0 Å². The van der Waals surface area contributed by atoms with Crippen molar-refractivity contribution < 1.29 is 0 Å². The van der Waals surface area contributed by atoms with Gasteiger partial charge >= 0.3 is 0 Å². The van der Waals surface area contributed by atoms with Gasteiger partial charge in [0, 0.05) is 31.4 Å². The lowest BCUT2D eigenvalue weighted by Gasteiger charge is -2.22. The van der Waals surface area contributed by atoms with Gasteiger partial charge in [-0.3, -0.25) is 0 Å². The molecule has 1 atom stereocenters. The summed E-state index contributed by atoms with van der Waals surface area (Å²) < 4.78 is 0. The Balaban J connectivity index is 2.04. The van der Waals surface area contributed by atoms with Crippen LogP contribution in [0.4, 0.5) is 5.82 Å². The normalized spacial score (nSPS) is 20.1. The van der Waals surface area contributed by atoms with E-state index in [1.54, 1.807) is 0 Å². The standard InChI is InChI=1S/C11H17ClN4/c1-8-6-10(15-11(12)14-8)16(2)7-9-4-3-5-13-9/h6,9,13H,3-5,7H2,1-2H3/t9-/m0/s1. The van der Waals surface area contributed by atoms with E-state index in [4.69, 9.17) is 11.6 Å². The number of hydrogen-bond acceptors (Lipinski definition) is 4. The second-order valence-corrected chi connectivity index (χ2v) is 4.65. The van der Waals surface area contributed by atoms with E-state index in [9.17, 15) is 0 Å². The van der Waals surface area contributed by atoms with Crippen LogP contribution in [0, 0.1) is 6.92 Å². The Bertz CT molecular complexity index is 343. The molecule has 0 unspecified atom stereocenters. The summed E-state index contributed by atoms with van der Waals surface area (Å²) in [5, 5.41) is 3.79. The van der Waals surface area contributed by atoms with Gasteiger partial charge in [0.05, 0.1) is 0 Å². The van der Waals surface area contributed by atoms with Crippen molar-refractivity contribution in [3.8, 4) is 0 Å². The highest BCUT2D eigenvalue weighted by Gasteiger charge is 2.17. The Kier molecular flexibility index (Phi) is 3.61. The molecule has 1 fully saturated rings. The Morgan fingerprint density at radius 3 is 3.00 bits per heavy atom. The number of rotatable bonds is 3. The molecule has 1 aliphatic heterocycles. The Morgan fingerprint density at radius 2 is 2.38 bits per heavy atom. The van der Waals surface area contributed by atoms with E-state index in [0.29, 0.717) is 11.3 Å². The third-order valence-corrected chi connectivity index (χ3v) is 3.03. The van der Waals surface area contributed by atoms with E-state index >= 15 is 0 Å². The van der Waals surface area contributed by atoms with Crippen molar-refractivity contribution in [2.75, 3.05) is 25.0 Å². The average molecular weight is 241 g/mol. The molecular formula is C11H17ClN4. The molecule has 2 heterocycles. The molecule has 0 bridgehead atoms. The summed E-state index contributed by atoms with van der Waals surface area (Å²) in [6, 6.07) is 2.53. The third-order valence-electron chi connectivity index (χ3n) is 2.86. The van der Waals surface area contributed by atoms with Gasteiger partial charge < -0.3 is 10.2 Å². The van der Waals surface area contributed by atoms with Gasteiger partial charge in [-0.25, -0.2) is 9.97 Å². The number of anilines is 1. The van der Waals surface area contributed by atoms with Crippen LogP contribution in [0.25, 0.3) is 0 Å². The molecule has 16 heavy (non-hydrogen) atoms. The Morgan fingerprint density at radius 1 is 1.56 bits per heavy atom. The van der Waals surface area contributed by atoms with Crippen LogP contribution in [0.15, 0.2) is 6.07 Å². The number of nitrogens with zero attached hydrogens (tertiary/aromatic N) is 3. The van der Waals surface area contributed by atoms with Gasteiger partial charge in [0.1, 0.15) is 5.82 Å². The molecular weight excluding hydrogens is 224 g/mol. The van der Waals surface area contributed by atoms with Crippen LogP contribution in [0.3, 0.4) is 0 Å². The number of aryl methyl sites for hydroxylation is 1. The summed E-state index contributed by atoms with van der Waals surface area (Å²) in [6.07, 6.45) is 2.50. The quantitative estimate of drug-likeness (QED) is 0.816. The van der Waals surface area contributed by atoms with E-state index in [1.807, 2.05) is 20.0 Å². The van der Waals surface area contributed by atoms with Crippen LogP contribution >= 0.6 is 11.6 Å². The predicted octanol–water partition coefficient (Wildman–Crippen LogP) is 1.63. The summed E-state index contributed by atoms with van der Waals surface area (Å²) in [5.74, 6) is 0.895. The lowest BCUT2D eigenvalue weighted by atomic mass is 10.2. The fraction of sp³-hybridized carbons (Fsp3) is 0.636. The van der Waals surface area contributed by atoms with Crippen molar-refractivity contribution >= 4 is 17.4 Å². The third kappa shape index (κ3) is 2.83. The van der Waals surface area contributed by atoms with E-state index in [-0.39, 0.29) is 0 Å². The first-order chi connectivity index (χ1) is 7.65. The van der Waals surface area contributed by atoms with Gasteiger partial charge in [-0.1, -0.05) is 0 Å². The van der Waals surface area contributed by atoms with Crippen molar-refractivity contribution in [3.05, 3.63) is 17.0 Å². The van der Waals surface area contributed by atoms with Crippen molar-refractivity contribution in [1.82, 2.24) is 15.3 Å². The lowest BCUT2D eigenvalue weighted by Crippen LogP contribution is -2.35. The molecule has 0 amide bonds. The van der Waals surface area contributed by atoms with Crippen molar-refractivity contribution in [2.24, 2.45) is 0 Å². The minimum Gasteiger partial charge on any atom is -0.358 e. The molecule has 1 aromatic heterocycles. The zero-order valence-electron chi connectivity index (χ0n) is 9.70. The molecule has 4 nitrogen and oxygen atoms in total. The summed E-state index contributed by atoms with van der Waals surface area (Å²) in [6.45, 7) is 4.02. The van der Waals surface area contributed by atoms with Gasteiger partial charge in [0.2, 0.25) is 5.28 Å². The minimum absolute atomic E-state index is 0.321. The second-order valence-electron chi connectivity index (χ2n) is 4.31. The number of nitrogens with one attached hydrogen (secondary N) is 1. The van der Waals surface area contributed by atoms with Crippen LogP contribution in [0.5, 0.6) is 0 Å². The van der Waals surface area contributed by atoms with Gasteiger partial charge in [-0.05, 0) is 37.9 Å². The predicted molar refractivity (Wildman–Crippen MR) is 66.1 cm³/mol. The van der Waals surface area contributed by atoms with Crippen molar-refractivity contribution in [2.45, 2.75) is 25.8 Å². The Hall–Kier alpha value is -0.870. The van der Waals surface area contributed by atoms with E-state index in [1.165, 1.54) is 12.8 Å². The molecule has 2 rings (SSSR count).